The van der Waals surface area contributed by atoms with Gasteiger partial charge in [0.15, 0.2) is 7.14 Å². The van der Waals surface area contributed by atoms with Gasteiger partial charge >= 0.3 is 0 Å². The molecule has 2 aliphatic rings. The van der Waals surface area contributed by atoms with Crippen molar-refractivity contribution in [2.75, 3.05) is 0 Å². The lowest BCUT2D eigenvalue weighted by Crippen LogP contribution is -2.36. The second-order valence-corrected chi connectivity index (χ2v) is 24.8. The summed E-state index contributed by atoms with van der Waals surface area (Å²) in [6.07, 6.45) is 0. The molecule has 1 nitrogen and oxygen atoms in total. The minimum absolute atomic E-state index is 0.692. The van der Waals surface area contributed by atoms with Crippen LogP contribution < -0.4 is 31.8 Å². The van der Waals surface area contributed by atoms with Crippen molar-refractivity contribution in [1.29, 1.82) is 0 Å². The number of fused-ring (bicyclic) bond motifs is 6. The third-order valence-electron chi connectivity index (χ3n) is 16.1. The first-order chi connectivity index (χ1) is 37.1. The van der Waals surface area contributed by atoms with Gasteiger partial charge in [-0.25, -0.2) is 0 Å². The molecule has 0 radical (unpaired) electrons. The van der Waals surface area contributed by atoms with E-state index < -0.39 is 25.9 Å². The van der Waals surface area contributed by atoms with Gasteiger partial charge in [0.2, 0.25) is 0 Å². The molecule has 0 N–H and O–H groups in total. The zero-order chi connectivity index (χ0) is 50.0. The van der Waals surface area contributed by atoms with Crippen molar-refractivity contribution in [3.05, 3.63) is 348 Å². The van der Waals surface area contributed by atoms with E-state index in [1.165, 1.54) is 71.2 Å². The Bertz CT molecular complexity index is 3950. The third kappa shape index (κ3) is 6.79. The van der Waals surface area contributed by atoms with Crippen molar-refractivity contribution in [3.63, 3.8) is 0 Å². The highest BCUT2D eigenvalue weighted by Gasteiger charge is 2.51. The van der Waals surface area contributed by atoms with Crippen molar-refractivity contribution in [2.45, 2.75) is 10.8 Å². The quantitative estimate of drug-likeness (QED) is 0.125. The second kappa shape index (κ2) is 18.2. The maximum absolute atomic E-state index is 16.6. The lowest BCUT2D eigenvalue weighted by molar-refractivity contribution is 0.592. The van der Waals surface area contributed by atoms with E-state index >= 15 is 4.57 Å². The minimum Gasteiger partial charge on any atom is -0.309 e. The summed E-state index contributed by atoms with van der Waals surface area (Å²) in [7, 11) is -4.33. The van der Waals surface area contributed by atoms with Crippen molar-refractivity contribution < 1.29 is 4.57 Å². The Hall–Kier alpha value is -8.44. The van der Waals surface area contributed by atoms with Gasteiger partial charge in [0.1, 0.15) is 0 Å². The Labute approximate surface area is 440 Å². The monoisotopic (exact) mass is 992 g/mol. The van der Waals surface area contributed by atoms with Crippen LogP contribution in [0.1, 0.15) is 44.5 Å². The van der Waals surface area contributed by atoms with Crippen molar-refractivity contribution >= 4 is 57.7 Å². The normalized spacial score (nSPS) is 13.7. The minimum atomic E-state index is -3.41. The fourth-order valence-corrected chi connectivity index (χ4v) is 18.0. The van der Waals surface area contributed by atoms with Crippen molar-refractivity contribution in [1.82, 2.24) is 0 Å². The molecule has 0 heterocycles. The Balaban J connectivity index is 1.14. The van der Waals surface area contributed by atoms with Crippen LogP contribution in [0.5, 0.6) is 0 Å². The van der Waals surface area contributed by atoms with E-state index in [4.69, 9.17) is 0 Å². The van der Waals surface area contributed by atoms with E-state index in [-0.39, 0.29) is 0 Å². The molecular weight excluding hydrogens is 943 g/mol. The van der Waals surface area contributed by atoms with Gasteiger partial charge in [0.25, 0.3) is 0 Å². The number of hydrogen-bond donors (Lipinski definition) is 0. The summed E-state index contributed by atoms with van der Waals surface area (Å²) in [6, 6.07) is 111. The van der Waals surface area contributed by atoms with Crippen LogP contribution in [0, 0.1) is 0 Å². The SMILES string of the molecule is O=P(c1ccccc1)(c1ccccc1)c1ccc2c(c1)C(c1ccccc1)(c1ccccc1)c1cccc3c4c(cc-2c13)C(c1ccccc1)(c1ccccc1)c1cc(P(c2ccccc2)c2ccccc2)ccc1-4. The average Bonchev–Trinajstić information content (AvgIpc) is 3.83. The maximum Gasteiger partial charge on any atom is 0.171 e. The van der Waals surface area contributed by atoms with E-state index in [9.17, 15) is 0 Å². The van der Waals surface area contributed by atoms with Crippen molar-refractivity contribution in [3.8, 4) is 22.3 Å². The maximum atomic E-state index is 16.6. The first-order valence-corrected chi connectivity index (χ1v) is 28.9. The van der Waals surface area contributed by atoms with Crippen LogP contribution in [0.4, 0.5) is 0 Å². The molecule has 0 aliphatic heterocycles. The molecule has 14 rings (SSSR count). The van der Waals surface area contributed by atoms with Crippen LogP contribution in [0.25, 0.3) is 33.0 Å². The first-order valence-electron chi connectivity index (χ1n) is 25.9. The Morgan fingerprint density at radius 1 is 0.280 bits per heavy atom. The van der Waals surface area contributed by atoms with Gasteiger partial charge in [-0.1, -0.05) is 285 Å². The molecule has 0 spiro atoms. The molecule has 0 unspecified atom stereocenters. The Morgan fingerprint density at radius 2 is 0.693 bits per heavy atom. The standard InChI is InChI=1S/C72H50OP2/c73-75(58-38-21-7-22-39-58,59-40-23-8-24-41-59)60-45-47-61-64-50-68-69(63-42-25-43-65(70(63)64)71(67(61)49-60,51-26-9-1-10-27-51)52-28-11-2-12-29-52)62-46-44-57(74(55-34-17-5-18-35-55)56-36-19-6-20-37-56)48-66(62)72(68,53-30-13-3-14-31-53)54-32-15-4-16-33-54/h1-50H. The van der Waals surface area contributed by atoms with E-state index in [0.29, 0.717) is 0 Å². The molecule has 75 heavy (non-hydrogen) atoms. The van der Waals surface area contributed by atoms with E-state index in [1.54, 1.807) is 0 Å². The average molecular weight is 993 g/mol. The third-order valence-corrected chi connectivity index (χ3v) is 21.5. The second-order valence-electron chi connectivity index (χ2n) is 19.8. The summed E-state index contributed by atoms with van der Waals surface area (Å²) in [6.45, 7) is 0. The molecule has 0 amide bonds. The van der Waals surface area contributed by atoms with Gasteiger partial charge in [0.05, 0.1) is 10.8 Å². The largest absolute Gasteiger partial charge is 0.309 e. The smallest absolute Gasteiger partial charge is 0.171 e. The predicted molar refractivity (Wildman–Crippen MR) is 317 cm³/mol. The molecule has 0 atom stereocenters. The summed E-state index contributed by atoms with van der Waals surface area (Å²) in [5.74, 6) is 0. The van der Waals surface area contributed by atoms with Crippen LogP contribution in [0.2, 0.25) is 0 Å². The van der Waals surface area contributed by atoms with Crippen LogP contribution in [0.15, 0.2) is 303 Å². The summed E-state index contributed by atoms with van der Waals surface area (Å²) < 4.78 is 16.6. The lowest BCUT2D eigenvalue weighted by atomic mass is 9.59. The van der Waals surface area contributed by atoms with Gasteiger partial charge in [0, 0.05) is 15.9 Å². The number of hydrogen-bond acceptors (Lipinski definition) is 1. The van der Waals surface area contributed by atoms with Crippen molar-refractivity contribution in [2.24, 2.45) is 0 Å². The molecule has 3 heteroatoms. The highest BCUT2D eigenvalue weighted by Crippen LogP contribution is 2.63. The predicted octanol–water partition coefficient (Wildman–Crippen LogP) is 15.0. The Kier molecular flexibility index (Phi) is 11.0. The lowest BCUT2D eigenvalue weighted by Gasteiger charge is -2.43. The topological polar surface area (TPSA) is 17.1 Å². The van der Waals surface area contributed by atoms with Gasteiger partial charge in [-0.3, -0.25) is 0 Å². The molecule has 0 bridgehead atoms. The number of rotatable bonds is 10. The van der Waals surface area contributed by atoms with Gasteiger partial charge in [-0.05, 0) is 120 Å². The molecule has 12 aromatic carbocycles. The zero-order valence-corrected chi connectivity index (χ0v) is 43.0. The summed E-state index contributed by atoms with van der Waals surface area (Å²) >= 11 is 0. The highest BCUT2D eigenvalue weighted by atomic mass is 31.2. The first kappa shape index (κ1) is 45.2. The molecule has 0 saturated carbocycles. The highest BCUT2D eigenvalue weighted by molar-refractivity contribution is 7.85. The summed E-state index contributed by atoms with van der Waals surface area (Å²) in [5, 5.41) is 8.85. The molecule has 2 aliphatic carbocycles. The Morgan fingerprint density at radius 3 is 1.17 bits per heavy atom. The van der Waals surface area contributed by atoms with Gasteiger partial charge in [-0.2, -0.15) is 0 Å². The molecule has 0 fully saturated rings. The fraction of sp³-hybridized carbons (Fsp3) is 0.0278. The van der Waals surface area contributed by atoms with Crippen LogP contribution in [-0.4, -0.2) is 0 Å². The molecule has 12 aromatic rings. The molecule has 0 saturated heterocycles. The molecular formula is C72H50OP2. The van der Waals surface area contributed by atoms with Gasteiger partial charge in [-0.15, -0.1) is 0 Å². The van der Waals surface area contributed by atoms with Gasteiger partial charge < -0.3 is 4.57 Å². The number of benzene rings is 12. The molecule has 354 valence electrons. The van der Waals surface area contributed by atoms with E-state index in [2.05, 4.69) is 243 Å². The fourth-order valence-electron chi connectivity index (χ4n) is 13.0. The van der Waals surface area contributed by atoms with E-state index in [0.717, 1.165) is 38.2 Å². The summed E-state index contributed by atoms with van der Waals surface area (Å²) in [5.41, 5.74) is 13.0. The van der Waals surface area contributed by atoms with Crippen LogP contribution in [-0.2, 0) is 15.4 Å². The zero-order valence-electron chi connectivity index (χ0n) is 41.2. The summed E-state index contributed by atoms with van der Waals surface area (Å²) in [4.78, 5) is 0. The van der Waals surface area contributed by atoms with E-state index in [1.807, 2.05) is 60.7 Å². The van der Waals surface area contributed by atoms with Crippen LogP contribution in [0.3, 0.4) is 0 Å². The molecule has 0 aromatic heterocycles. The van der Waals surface area contributed by atoms with Crippen LogP contribution >= 0.6 is 15.1 Å².